The van der Waals surface area contributed by atoms with E-state index in [1.54, 1.807) is 0 Å². The molecule has 2 rings (SSSR count). The molecule has 1 fully saturated rings. The minimum atomic E-state index is -4.00. The molecule has 0 aliphatic carbocycles. The first-order chi connectivity index (χ1) is 11.2. The van der Waals surface area contributed by atoms with Crippen molar-refractivity contribution in [2.24, 2.45) is 0 Å². The van der Waals surface area contributed by atoms with Crippen molar-refractivity contribution in [1.82, 2.24) is 14.5 Å². The number of hydrogen-bond acceptors (Lipinski definition) is 3. The Morgan fingerprint density at radius 3 is 2.46 bits per heavy atom. The highest BCUT2D eigenvalue weighted by Crippen LogP contribution is 2.21. The smallest absolute Gasteiger partial charge is 0.246 e. The van der Waals surface area contributed by atoms with Crippen LogP contribution in [0.25, 0.3) is 0 Å². The van der Waals surface area contributed by atoms with Crippen LogP contribution in [-0.4, -0.2) is 55.5 Å². The number of thiocarbonyl (C=S) groups is 1. The first-order valence-electron chi connectivity index (χ1n) is 7.34. The van der Waals surface area contributed by atoms with E-state index in [2.05, 4.69) is 11.9 Å². The van der Waals surface area contributed by atoms with E-state index >= 15 is 0 Å². The van der Waals surface area contributed by atoms with Crippen LogP contribution in [0.1, 0.15) is 6.92 Å². The zero-order valence-corrected chi connectivity index (χ0v) is 14.9. The van der Waals surface area contributed by atoms with Crippen LogP contribution in [0, 0.1) is 11.6 Å². The van der Waals surface area contributed by atoms with Crippen molar-refractivity contribution in [3.63, 3.8) is 0 Å². The molecule has 0 amide bonds. The van der Waals surface area contributed by atoms with Crippen LogP contribution in [0.15, 0.2) is 35.2 Å². The van der Waals surface area contributed by atoms with Gasteiger partial charge in [0.15, 0.2) is 5.11 Å². The van der Waals surface area contributed by atoms with E-state index in [1.165, 1.54) is 4.31 Å². The zero-order chi connectivity index (χ0) is 17.9. The topological polar surface area (TPSA) is 52.6 Å². The minimum Gasteiger partial charge on any atom is -0.359 e. The van der Waals surface area contributed by atoms with Crippen molar-refractivity contribution in [1.29, 1.82) is 0 Å². The highest BCUT2D eigenvalue weighted by atomic mass is 32.2. The quantitative estimate of drug-likeness (QED) is 0.642. The van der Waals surface area contributed by atoms with Crippen LogP contribution in [-0.2, 0) is 10.0 Å². The lowest BCUT2D eigenvalue weighted by Crippen LogP contribution is -2.53. The third-order valence-corrected chi connectivity index (χ3v) is 5.91. The van der Waals surface area contributed by atoms with Gasteiger partial charge in [0, 0.05) is 38.8 Å². The van der Waals surface area contributed by atoms with E-state index in [9.17, 15) is 17.2 Å². The summed E-state index contributed by atoms with van der Waals surface area (Å²) in [5.74, 6) is -1.90. The number of hydrogen-bond donors (Lipinski definition) is 1. The van der Waals surface area contributed by atoms with Gasteiger partial charge in [-0.25, -0.2) is 17.2 Å². The summed E-state index contributed by atoms with van der Waals surface area (Å²) < 4.78 is 52.9. The number of benzene rings is 1. The number of halogens is 2. The van der Waals surface area contributed by atoms with Gasteiger partial charge < -0.3 is 10.2 Å². The van der Waals surface area contributed by atoms with Crippen molar-refractivity contribution < 1.29 is 17.2 Å². The Hall–Kier alpha value is -1.58. The van der Waals surface area contributed by atoms with Crippen molar-refractivity contribution >= 4 is 27.4 Å². The van der Waals surface area contributed by atoms with E-state index in [0.29, 0.717) is 30.8 Å². The summed E-state index contributed by atoms with van der Waals surface area (Å²) in [6.45, 7) is 7.34. The van der Waals surface area contributed by atoms with Gasteiger partial charge in [0.05, 0.1) is 0 Å². The fourth-order valence-corrected chi connectivity index (χ4v) is 4.02. The predicted octanol–water partition coefficient (Wildman–Crippen LogP) is 1.72. The molecular formula is C15H19F2N3O2S2. The van der Waals surface area contributed by atoms with Crippen molar-refractivity contribution in [2.45, 2.75) is 11.8 Å². The van der Waals surface area contributed by atoms with E-state index < -0.39 is 26.6 Å². The van der Waals surface area contributed by atoms with Crippen molar-refractivity contribution in [3.05, 3.63) is 42.0 Å². The minimum absolute atomic E-state index is 0.175. The molecular weight excluding hydrogens is 356 g/mol. The Morgan fingerprint density at radius 1 is 1.29 bits per heavy atom. The van der Waals surface area contributed by atoms with Gasteiger partial charge in [0.2, 0.25) is 10.0 Å². The largest absolute Gasteiger partial charge is 0.359 e. The molecule has 1 saturated heterocycles. The Kier molecular flexibility index (Phi) is 5.89. The maximum Gasteiger partial charge on any atom is 0.246 e. The van der Waals surface area contributed by atoms with Gasteiger partial charge >= 0.3 is 0 Å². The van der Waals surface area contributed by atoms with E-state index in [-0.39, 0.29) is 13.1 Å². The monoisotopic (exact) mass is 375 g/mol. The molecule has 1 aliphatic rings. The number of sulfonamides is 1. The number of rotatable bonds is 4. The maximum atomic E-state index is 13.8. The lowest BCUT2D eigenvalue weighted by molar-refractivity contribution is 0.263. The highest BCUT2D eigenvalue weighted by molar-refractivity contribution is 7.89. The maximum absolute atomic E-state index is 13.8. The van der Waals surface area contributed by atoms with E-state index in [0.717, 1.165) is 17.7 Å². The van der Waals surface area contributed by atoms with Gasteiger partial charge in [0.1, 0.15) is 16.5 Å². The van der Waals surface area contributed by atoms with E-state index in [4.69, 9.17) is 12.2 Å². The summed E-state index contributed by atoms with van der Waals surface area (Å²) >= 11 is 5.26. The third-order valence-electron chi connectivity index (χ3n) is 3.58. The van der Waals surface area contributed by atoms with Crippen LogP contribution in [0.4, 0.5) is 8.78 Å². The Morgan fingerprint density at radius 2 is 1.92 bits per heavy atom. The first kappa shape index (κ1) is 18.8. The van der Waals surface area contributed by atoms with Gasteiger partial charge in [-0.15, -0.1) is 0 Å². The molecule has 5 nitrogen and oxygen atoms in total. The molecule has 0 aromatic heterocycles. The Labute approximate surface area is 146 Å². The molecule has 0 saturated carbocycles. The summed E-state index contributed by atoms with van der Waals surface area (Å²) in [5, 5.41) is 3.57. The molecule has 1 aliphatic heterocycles. The molecule has 1 N–H and O–H groups in total. The summed E-state index contributed by atoms with van der Waals surface area (Å²) in [5.41, 5.74) is 0.936. The normalized spacial score (nSPS) is 16.0. The Balaban J connectivity index is 2.03. The molecule has 132 valence electrons. The lowest BCUT2D eigenvalue weighted by atomic mass is 10.3. The fourth-order valence-electron chi connectivity index (χ4n) is 2.29. The number of nitrogens with one attached hydrogen (secondary N) is 1. The molecule has 9 heteroatoms. The fraction of sp³-hybridized carbons (Fsp3) is 0.400. The molecule has 1 aromatic carbocycles. The van der Waals surface area contributed by atoms with Crippen LogP contribution >= 0.6 is 12.2 Å². The molecule has 0 radical (unpaired) electrons. The van der Waals surface area contributed by atoms with Gasteiger partial charge in [0.25, 0.3) is 0 Å². The summed E-state index contributed by atoms with van der Waals surface area (Å²) in [7, 11) is -4.00. The summed E-state index contributed by atoms with van der Waals surface area (Å²) in [6.07, 6.45) is 0. The van der Waals surface area contributed by atoms with Crippen LogP contribution in [0.5, 0.6) is 0 Å². The van der Waals surface area contributed by atoms with E-state index in [1.807, 2.05) is 11.8 Å². The molecule has 0 unspecified atom stereocenters. The first-order valence-corrected chi connectivity index (χ1v) is 9.19. The molecule has 0 spiro atoms. The highest BCUT2D eigenvalue weighted by Gasteiger charge is 2.31. The second-order valence-corrected chi connectivity index (χ2v) is 7.87. The van der Waals surface area contributed by atoms with Gasteiger partial charge in [-0.05, 0) is 31.3 Å². The van der Waals surface area contributed by atoms with Crippen LogP contribution < -0.4 is 5.32 Å². The van der Waals surface area contributed by atoms with Crippen LogP contribution in [0.3, 0.4) is 0 Å². The standard InChI is InChI=1S/C15H19F2N3O2S2/c1-11(2)10-18-15(23)19-5-7-20(8-6-19)24(21,22)14-4-3-12(16)9-13(14)17/h3-4,9H,1,5-8,10H2,2H3,(H,18,23). The molecule has 1 heterocycles. The molecule has 0 atom stereocenters. The second kappa shape index (κ2) is 7.54. The number of piperazine rings is 1. The van der Waals surface area contributed by atoms with Crippen molar-refractivity contribution in [3.8, 4) is 0 Å². The summed E-state index contributed by atoms with van der Waals surface area (Å²) in [4.78, 5) is 1.34. The van der Waals surface area contributed by atoms with Crippen LogP contribution in [0.2, 0.25) is 0 Å². The summed E-state index contributed by atoms with van der Waals surface area (Å²) in [6, 6.07) is 2.45. The zero-order valence-electron chi connectivity index (χ0n) is 13.3. The van der Waals surface area contributed by atoms with Gasteiger partial charge in [-0.2, -0.15) is 4.31 Å². The Bertz CT molecular complexity index is 745. The second-order valence-electron chi connectivity index (χ2n) is 5.58. The third kappa shape index (κ3) is 4.28. The predicted molar refractivity (Wildman–Crippen MR) is 92.1 cm³/mol. The van der Waals surface area contributed by atoms with Gasteiger partial charge in [-0.1, -0.05) is 12.2 Å². The number of nitrogens with zero attached hydrogens (tertiary/aromatic N) is 2. The molecule has 24 heavy (non-hydrogen) atoms. The molecule has 1 aromatic rings. The average molecular weight is 375 g/mol. The SMILES string of the molecule is C=C(C)CNC(=S)N1CCN(S(=O)(=O)c2ccc(F)cc2F)CC1. The average Bonchev–Trinajstić information content (AvgIpc) is 2.52. The lowest BCUT2D eigenvalue weighted by Gasteiger charge is -2.35. The molecule has 0 bridgehead atoms. The van der Waals surface area contributed by atoms with Gasteiger partial charge in [-0.3, -0.25) is 0 Å². The van der Waals surface area contributed by atoms with Crippen molar-refractivity contribution in [2.75, 3.05) is 32.7 Å².